The third-order valence-corrected chi connectivity index (χ3v) is 1.53. The van der Waals surface area contributed by atoms with Crippen LogP contribution in [0.2, 0.25) is 0 Å². The largest absolute Gasteiger partial charge is 2.00 e. The molecular weight excluding hydrogens is 272 g/mol. The number of nitrogens with zero attached hydrogens (tertiary/aromatic N) is 1. The van der Waals surface area contributed by atoms with E-state index in [-0.39, 0.29) is 51.0 Å². The van der Waals surface area contributed by atoms with Gasteiger partial charge in [0.1, 0.15) is 0 Å². The SMILES string of the molecule is CC1=CC2=CN=CC2=C1.[Cl-].[Cl-].[Zr+2]. The molecule has 0 N–H and O–H groups in total. The summed E-state index contributed by atoms with van der Waals surface area (Å²) in [6.07, 6.45) is 8.06. The average molecular weight is 279 g/mol. The standard InChI is InChI=1S/C8H7N.2ClH.Zr/c1-6-2-7-4-9-5-8(7)3-6;;;/h2-5H,1H3;2*1H;/q;;;+2/p-2. The molecule has 4 heteroatoms. The van der Waals surface area contributed by atoms with Gasteiger partial charge in [0.15, 0.2) is 0 Å². The number of rotatable bonds is 0. The van der Waals surface area contributed by atoms with Gasteiger partial charge in [0.2, 0.25) is 0 Å². The van der Waals surface area contributed by atoms with Crippen molar-refractivity contribution in [1.82, 2.24) is 0 Å². The number of hydrogen-bond donors (Lipinski definition) is 0. The molecule has 0 bridgehead atoms. The third-order valence-electron chi connectivity index (χ3n) is 1.53. The number of aliphatic imine (C=N–C) groups is 1. The van der Waals surface area contributed by atoms with Crippen LogP contribution in [-0.2, 0) is 26.2 Å². The van der Waals surface area contributed by atoms with E-state index in [9.17, 15) is 0 Å². The molecule has 2 rings (SSSR count). The Bertz CT molecular complexity index is 277. The van der Waals surface area contributed by atoms with Crippen LogP contribution in [0.5, 0.6) is 0 Å². The molecule has 0 amide bonds. The molecule has 0 aromatic carbocycles. The van der Waals surface area contributed by atoms with Gasteiger partial charge in [-0.1, -0.05) is 0 Å². The Morgan fingerprint density at radius 1 is 1.08 bits per heavy atom. The van der Waals surface area contributed by atoms with E-state index in [1.165, 1.54) is 16.7 Å². The summed E-state index contributed by atoms with van der Waals surface area (Å²) < 4.78 is 0. The quantitative estimate of drug-likeness (QED) is 0.427. The van der Waals surface area contributed by atoms with Crippen LogP contribution >= 0.6 is 0 Å². The van der Waals surface area contributed by atoms with Gasteiger partial charge in [0, 0.05) is 23.6 Å². The Balaban J connectivity index is 0. The predicted molar refractivity (Wildman–Crippen MR) is 38.4 cm³/mol. The zero-order valence-electron chi connectivity index (χ0n) is 6.51. The molecule has 0 aromatic heterocycles. The third kappa shape index (κ3) is 2.69. The normalized spacial score (nSPS) is 15.9. The van der Waals surface area contributed by atoms with Crippen molar-refractivity contribution < 1.29 is 51.0 Å². The van der Waals surface area contributed by atoms with E-state index in [1.54, 1.807) is 0 Å². The van der Waals surface area contributed by atoms with Gasteiger partial charge < -0.3 is 24.8 Å². The van der Waals surface area contributed by atoms with Crippen molar-refractivity contribution in [1.29, 1.82) is 0 Å². The molecule has 0 unspecified atom stereocenters. The Kier molecular flexibility index (Phi) is 7.31. The van der Waals surface area contributed by atoms with Crippen LogP contribution < -0.4 is 24.8 Å². The van der Waals surface area contributed by atoms with E-state index >= 15 is 0 Å². The van der Waals surface area contributed by atoms with Crippen LogP contribution in [0.25, 0.3) is 0 Å². The van der Waals surface area contributed by atoms with Crippen molar-refractivity contribution in [3.63, 3.8) is 0 Å². The minimum absolute atomic E-state index is 0. The number of hydrogen-bond acceptors (Lipinski definition) is 1. The van der Waals surface area contributed by atoms with Crippen LogP contribution in [-0.4, -0.2) is 6.21 Å². The maximum absolute atomic E-state index is 4.00. The van der Waals surface area contributed by atoms with Crippen molar-refractivity contribution in [2.75, 3.05) is 0 Å². The number of allylic oxidation sites excluding steroid dienone is 5. The van der Waals surface area contributed by atoms with Crippen molar-refractivity contribution in [2.45, 2.75) is 6.92 Å². The predicted octanol–water partition coefficient (Wildman–Crippen LogP) is -4.15. The molecule has 0 saturated carbocycles. The second-order valence-corrected chi connectivity index (χ2v) is 2.35. The van der Waals surface area contributed by atoms with Crippen LogP contribution in [0.15, 0.2) is 40.1 Å². The molecule has 0 aromatic rings. The first-order valence-corrected chi connectivity index (χ1v) is 3.00. The molecule has 0 atom stereocenters. The van der Waals surface area contributed by atoms with Gasteiger partial charge >= 0.3 is 26.2 Å². The molecule has 12 heavy (non-hydrogen) atoms. The average Bonchev–Trinajstić information content (AvgIpc) is 2.22. The van der Waals surface area contributed by atoms with Crippen molar-refractivity contribution in [2.24, 2.45) is 4.99 Å². The van der Waals surface area contributed by atoms with E-state index in [0.29, 0.717) is 0 Å². The van der Waals surface area contributed by atoms with E-state index in [0.717, 1.165) is 0 Å². The molecule has 1 heterocycles. The maximum atomic E-state index is 4.00. The Labute approximate surface area is 104 Å². The summed E-state index contributed by atoms with van der Waals surface area (Å²) in [6, 6.07) is 0. The summed E-state index contributed by atoms with van der Waals surface area (Å²) in [5.74, 6) is 0. The molecule has 1 aliphatic heterocycles. The van der Waals surface area contributed by atoms with E-state index in [4.69, 9.17) is 0 Å². The fourth-order valence-corrected chi connectivity index (χ4v) is 1.12. The summed E-state index contributed by atoms with van der Waals surface area (Å²) in [4.78, 5) is 4.00. The molecule has 0 radical (unpaired) electrons. The molecule has 1 aliphatic carbocycles. The van der Waals surface area contributed by atoms with Gasteiger partial charge in [-0.25, -0.2) is 0 Å². The Hall–Kier alpha value is 0.353. The second-order valence-electron chi connectivity index (χ2n) is 2.35. The smallest absolute Gasteiger partial charge is 1.00 e. The Morgan fingerprint density at radius 3 is 2.33 bits per heavy atom. The van der Waals surface area contributed by atoms with Crippen LogP contribution in [0.1, 0.15) is 6.92 Å². The van der Waals surface area contributed by atoms with Gasteiger partial charge in [-0.3, -0.25) is 4.99 Å². The van der Waals surface area contributed by atoms with E-state index < -0.39 is 0 Å². The van der Waals surface area contributed by atoms with E-state index in [2.05, 4.69) is 24.1 Å². The molecular formula is C8H7Cl2NZr. The Morgan fingerprint density at radius 2 is 1.75 bits per heavy atom. The fourth-order valence-electron chi connectivity index (χ4n) is 1.12. The van der Waals surface area contributed by atoms with Gasteiger partial charge in [0.25, 0.3) is 0 Å². The summed E-state index contributed by atoms with van der Waals surface area (Å²) in [5, 5.41) is 0. The van der Waals surface area contributed by atoms with Gasteiger partial charge in [-0.15, -0.1) is 0 Å². The fraction of sp³-hybridized carbons (Fsp3) is 0.125. The summed E-state index contributed by atoms with van der Waals surface area (Å²) in [5.41, 5.74) is 3.84. The molecule has 2 aliphatic rings. The van der Waals surface area contributed by atoms with Gasteiger partial charge in [-0.2, -0.15) is 0 Å². The second kappa shape index (κ2) is 5.91. The molecule has 0 saturated heterocycles. The summed E-state index contributed by atoms with van der Waals surface area (Å²) in [7, 11) is 0. The van der Waals surface area contributed by atoms with Crippen LogP contribution in [0.3, 0.4) is 0 Å². The maximum Gasteiger partial charge on any atom is 2.00 e. The molecule has 0 fully saturated rings. The molecule has 1 nitrogen and oxygen atoms in total. The summed E-state index contributed by atoms with van der Waals surface area (Å²) in [6.45, 7) is 2.10. The summed E-state index contributed by atoms with van der Waals surface area (Å²) >= 11 is 0. The number of halogens is 2. The van der Waals surface area contributed by atoms with Gasteiger partial charge in [-0.05, 0) is 24.6 Å². The number of fused-ring (bicyclic) bond motifs is 1. The van der Waals surface area contributed by atoms with E-state index in [1.807, 2.05) is 12.4 Å². The van der Waals surface area contributed by atoms with Crippen LogP contribution in [0, 0.1) is 0 Å². The van der Waals surface area contributed by atoms with Crippen molar-refractivity contribution in [3.05, 3.63) is 35.1 Å². The van der Waals surface area contributed by atoms with Gasteiger partial charge in [0.05, 0.1) is 0 Å². The zero-order valence-corrected chi connectivity index (χ0v) is 10.5. The first kappa shape index (κ1) is 14.9. The minimum Gasteiger partial charge on any atom is -1.00 e. The first-order chi connectivity index (χ1) is 4.36. The molecule has 62 valence electrons. The van der Waals surface area contributed by atoms with Crippen molar-refractivity contribution >= 4 is 6.21 Å². The van der Waals surface area contributed by atoms with Crippen LogP contribution in [0.4, 0.5) is 0 Å². The monoisotopic (exact) mass is 277 g/mol. The first-order valence-electron chi connectivity index (χ1n) is 3.00. The zero-order chi connectivity index (χ0) is 6.27. The van der Waals surface area contributed by atoms with Crippen molar-refractivity contribution in [3.8, 4) is 0 Å². The minimum atomic E-state index is 0. The topological polar surface area (TPSA) is 12.4 Å². The molecule has 0 spiro atoms.